The third-order valence-electron chi connectivity index (χ3n) is 1.80. The zero-order chi connectivity index (χ0) is 11.1. The zero-order valence-corrected chi connectivity index (χ0v) is 8.57. The van der Waals surface area contributed by atoms with Gasteiger partial charge in [-0.2, -0.15) is 0 Å². The average molecular weight is 203 g/mol. The van der Waals surface area contributed by atoms with Crippen LogP contribution in [0.25, 0.3) is 0 Å². The Morgan fingerprint density at radius 3 is 2.80 bits per heavy atom. The predicted octanol–water partition coefficient (Wildman–Crippen LogP) is 1.93. The molecule has 1 aromatic rings. The summed E-state index contributed by atoms with van der Waals surface area (Å²) in [5.41, 5.74) is 0.945. The smallest absolute Gasteiger partial charge is 0.408 e. The Hall–Kier alpha value is -1.95. The summed E-state index contributed by atoms with van der Waals surface area (Å²) in [6.45, 7) is 1.97. The van der Waals surface area contributed by atoms with Gasteiger partial charge in [-0.1, -0.05) is 36.3 Å². The van der Waals surface area contributed by atoms with Crippen LogP contribution in [0, 0.1) is 12.3 Å². The molecule has 1 amide bonds. The minimum Gasteiger partial charge on any atom is -0.445 e. The van der Waals surface area contributed by atoms with Crippen LogP contribution in [0.2, 0.25) is 0 Å². The van der Waals surface area contributed by atoms with E-state index in [2.05, 4.69) is 11.2 Å². The lowest BCUT2D eigenvalue weighted by atomic mass is 10.2. The van der Waals surface area contributed by atoms with Crippen LogP contribution in [-0.4, -0.2) is 12.1 Å². The number of amides is 1. The van der Waals surface area contributed by atoms with Crippen molar-refractivity contribution in [2.24, 2.45) is 0 Å². The first-order chi connectivity index (χ1) is 7.22. The number of hydrogen-bond acceptors (Lipinski definition) is 2. The van der Waals surface area contributed by atoms with Gasteiger partial charge in [-0.05, 0) is 12.5 Å². The summed E-state index contributed by atoms with van der Waals surface area (Å²) in [6, 6.07) is 9.15. The Morgan fingerprint density at radius 2 is 2.20 bits per heavy atom. The van der Waals surface area contributed by atoms with Crippen LogP contribution in [0.4, 0.5) is 4.79 Å². The number of ether oxygens (including phenoxy) is 1. The van der Waals surface area contributed by atoms with Crippen LogP contribution in [0.15, 0.2) is 30.3 Å². The number of nitrogens with one attached hydrogen (secondary N) is 1. The highest BCUT2D eigenvalue weighted by Gasteiger charge is 2.04. The molecule has 1 aromatic carbocycles. The molecule has 0 unspecified atom stereocenters. The number of alkyl carbamates (subject to hydrolysis) is 1. The molecular weight excluding hydrogens is 190 g/mol. The van der Waals surface area contributed by atoms with Crippen LogP contribution in [0.5, 0.6) is 0 Å². The van der Waals surface area contributed by atoms with Crippen molar-refractivity contribution in [3.63, 3.8) is 0 Å². The first-order valence-electron chi connectivity index (χ1n) is 4.65. The van der Waals surface area contributed by atoms with E-state index in [0.29, 0.717) is 0 Å². The van der Waals surface area contributed by atoms with Gasteiger partial charge in [0.05, 0.1) is 6.04 Å². The third-order valence-corrected chi connectivity index (χ3v) is 1.80. The molecule has 0 aliphatic rings. The molecule has 15 heavy (non-hydrogen) atoms. The molecule has 3 nitrogen and oxygen atoms in total. The minimum atomic E-state index is -0.496. The number of rotatable bonds is 3. The lowest BCUT2D eigenvalue weighted by Crippen LogP contribution is -2.31. The maximum atomic E-state index is 11.2. The van der Waals surface area contributed by atoms with E-state index < -0.39 is 6.09 Å². The Bertz CT molecular complexity index is 354. The van der Waals surface area contributed by atoms with Crippen LogP contribution in [0.3, 0.4) is 0 Å². The van der Waals surface area contributed by atoms with Crippen molar-refractivity contribution in [1.29, 1.82) is 0 Å². The van der Waals surface area contributed by atoms with Gasteiger partial charge in [0, 0.05) is 0 Å². The largest absolute Gasteiger partial charge is 0.445 e. The first kappa shape index (κ1) is 11.1. The third kappa shape index (κ3) is 4.19. The van der Waals surface area contributed by atoms with Gasteiger partial charge in [0.15, 0.2) is 0 Å². The highest BCUT2D eigenvalue weighted by Crippen LogP contribution is 2.00. The van der Waals surface area contributed by atoms with E-state index in [9.17, 15) is 4.79 Å². The standard InChI is InChI=1S/C12H13NO2/c1-3-10(2)13-12(14)15-9-11-7-5-4-6-8-11/h1,4-8,10H,9H2,2H3,(H,13,14)/t10-/m1/s1. The van der Waals surface area contributed by atoms with Crippen LogP contribution >= 0.6 is 0 Å². The fraction of sp³-hybridized carbons (Fsp3) is 0.250. The monoisotopic (exact) mass is 203 g/mol. The molecule has 0 saturated heterocycles. The second-order valence-electron chi connectivity index (χ2n) is 3.09. The van der Waals surface area contributed by atoms with E-state index in [0.717, 1.165) is 5.56 Å². The number of terminal acetylenes is 1. The van der Waals surface area contributed by atoms with Crippen LogP contribution in [0.1, 0.15) is 12.5 Å². The predicted molar refractivity (Wildman–Crippen MR) is 58.1 cm³/mol. The van der Waals surface area contributed by atoms with E-state index in [-0.39, 0.29) is 12.6 Å². The summed E-state index contributed by atoms with van der Waals surface area (Å²) in [7, 11) is 0. The summed E-state index contributed by atoms with van der Waals surface area (Å²) in [4.78, 5) is 11.2. The van der Waals surface area contributed by atoms with Gasteiger partial charge in [-0.3, -0.25) is 0 Å². The highest BCUT2D eigenvalue weighted by molar-refractivity contribution is 5.68. The Kier molecular flexibility index (Phi) is 4.24. The van der Waals surface area contributed by atoms with E-state index >= 15 is 0 Å². The zero-order valence-electron chi connectivity index (χ0n) is 8.57. The van der Waals surface area contributed by atoms with Crippen molar-refractivity contribution >= 4 is 6.09 Å². The first-order valence-corrected chi connectivity index (χ1v) is 4.65. The van der Waals surface area contributed by atoms with Crippen molar-refractivity contribution in [2.45, 2.75) is 19.6 Å². The Balaban J connectivity index is 2.32. The molecule has 1 N–H and O–H groups in total. The summed E-state index contributed by atoms with van der Waals surface area (Å²) >= 11 is 0. The quantitative estimate of drug-likeness (QED) is 0.762. The topological polar surface area (TPSA) is 38.3 Å². The molecule has 0 radical (unpaired) electrons. The Morgan fingerprint density at radius 1 is 1.53 bits per heavy atom. The van der Waals surface area contributed by atoms with E-state index in [4.69, 9.17) is 11.2 Å². The van der Waals surface area contributed by atoms with Gasteiger partial charge < -0.3 is 10.1 Å². The molecule has 0 spiro atoms. The molecule has 0 aliphatic heterocycles. The van der Waals surface area contributed by atoms with E-state index in [1.807, 2.05) is 30.3 Å². The van der Waals surface area contributed by atoms with Gasteiger partial charge >= 0.3 is 6.09 Å². The van der Waals surface area contributed by atoms with Crippen LogP contribution < -0.4 is 5.32 Å². The Labute approximate surface area is 89.4 Å². The molecule has 0 aromatic heterocycles. The maximum Gasteiger partial charge on any atom is 0.408 e. The summed E-state index contributed by atoms with van der Waals surface area (Å²) < 4.78 is 4.95. The van der Waals surface area contributed by atoms with Crippen molar-refractivity contribution in [3.05, 3.63) is 35.9 Å². The van der Waals surface area contributed by atoms with Crippen LogP contribution in [-0.2, 0) is 11.3 Å². The van der Waals surface area contributed by atoms with Gasteiger partial charge in [0.2, 0.25) is 0 Å². The number of carbonyl (C=O) groups is 1. The molecule has 3 heteroatoms. The lowest BCUT2D eigenvalue weighted by Gasteiger charge is -2.08. The van der Waals surface area contributed by atoms with Gasteiger partial charge in [-0.15, -0.1) is 6.42 Å². The molecule has 0 heterocycles. The second-order valence-corrected chi connectivity index (χ2v) is 3.09. The van der Waals surface area contributed by atoms with Gasteiger partial charge in [0.1, 0.15) is 6.61 Å². The minimum absolute atomic E-state index is 0.254. The maximum absolute atomic E-state index is 11.2. The van der Waals surface area contributed by atoms with E-state index in [1.54, 1.807) is 6.92 Å². The molecule has 0 aliphatic carbocycles. The molecule has 0 bridgehead atoms. The molecule has 0 fully saturated rings. The van der Waals surface area contributed by atoms with Gasteiger partial charge in [0.25, 0.3) is 0 Å². The number of carbonyl (C=O) groups excluding carboxylic acids is 1. The number of hydrogen-bond donors (Lipinski definition) is 1. The number of benzene rings is 1. The summed E-state index contributed by atoms with van der Waals surface area (Å²) in [5, 5.41) is 2.50. The summed E-state index contributed by atoms with van der Waals surface area (Å²) in [6.07, 6.45) is 4.61. The van der Waals surface area contributed by atoms with Gasteiger partial charge in [-0.25, -0.2) is 4.79 Å². The normalized spacial score (nSPS) is 11.2. The fourth-order valence-corrected chi connectivity index (χ4v) is 0.983. The molecule has 0 saturated carbocycles. The lowest BCUT2D eigenvalue weighted by molar-refractivity contribution is 0.138. The molecule has 78 valence electrons. The van der Waals surface area contributed by atoms with E-state index in [1.165, 1.54) is 0 Å². The fourth-order valence-electron chi connectivity index (χ4n) is 0.983. The van der Waals surface area contributed by atoms with Crippen molar-refractivity contribution < 1.29 is 9.53 Å². The van der Waals surface area contributed by atoms with Crippen molar-refractivity contribution in [1.82, 2.24) is 5.32 Å². The molecule has 1 rings (SSSR count). The molecule has 1 atom stereocenters. The van der Waals surface area contributed by atoms with Crippen molar-refractivity contribution in [3.8, 4) is 12.3 Å². The molecular formula is C12H13NO2. The highest BCUT2D eigenvalue weighted by atomic mass is 16.5. The SMILES string of the molecule is C#C[C@@H](C)NC(=O)OCc1ccccc1. The van der Waals surface area contributed by atoms with Crippen molar-refractivity contribution in [2.75, 3.05) is 0 Å². The summed E-state index contributed by atoms with van der Waals surface area (Å²) in [5.74, 6) is 2.38. The average Bonchev–Trinajstić information content (AvgIpc) is 2.27. The second kappa shape index (κ2) is 5.71.